The van der Waals surface area contributed by atoms with Gasteiger partial charge in [-0.05, 0) is 29.7 Å². The predicted octanol–water partition coefficient (Wildman–Crippen LogP) is 4.13. The standard InChI is InChI=1S/C22H26N2O2S/c1-3-17-8-10-18(11-9-17)16-23(2)21(25)12-13-22(26)24-14-15-27-20-7-5-4-6-19(20)24/h4-11H,3,12-16H2,1-2H3. The van der Waals surface area contributed by atoms with E-state index in [2.05, 4.69) is 31.2 Å². The third-order valence-electron chi connectivity index (χ3n) is 4.86. The minimum atomic E-state index is 0.00240. The summed E-state index contributed by atoms with van der Waals surface area (Å²) in [5.74, 6) is 0.920. The second kappa shape index (κ2) is 9.09. The molecule has 0 spiro atoms. The van der Waals surface area contributed by atoms with E-state index in [4.69, 9.17) is 0 Å². The first-order valence-corrected chi connectivity index (χ1v) is 10.4. The minimum Gasteiger partial charge on any atom is -0.341 e. The molecule has 5 heteroatoms. The zero-order valence-corrected chi connectivity index (χ0v) is 16.8. The van der Waals surface area contributed by atoms with Gasteiger partial charge < -0.3 is 9.80 Å². The average molecular weight is 383 g/mol. The highest BCUT2D eigenvalue weighted by Gasteiger charge is 2.23. The van der Waals surface area contributed by atoms with Gasteiger partial charge in [-0.25, -0.2) is 0 Å². The van der Waals surface area contributed by atoms with Crippen LogP contribution >= 0.6 is 11.8 Å². The molecule has 0 aromatic heterocycles. The number of amides is 2. The molecule has 1 aliphatic heterocycles. The number of fused-ring (bicyclic) bond motifs is 1. The van der Waals surface area contributed by atoms with Crippen LogP contribution in [-0.4, -0.2) is 36.1 Å². The number of anilines is 1. The summed E-state index contributed by atoms with van der Waals surface area (Å²) in [5, 5.41) is 0. The molecule has 0 saturated heterocycles. The van der Waals surface area contributed by atoms with Gasteiger partial charge in [-0.3, -0.25) is 9.59 Å². The van der Waals surface area contributed by atoms with Gasteiger partial charge in [0.1, 0.15) is 0 Å². The molecule has 0 bridgehead atoms. The number of aryl methyl sites for hydroxylation is 1. The molecule has 0 unspecified atom stereocenters. The highest BCUT2D eigenvalue weighted by atomic mass is 32.2. The van der Waals surface area contributed by atoms with Crippen LogP contribution in [0.5, 0.6) is 0 Å². The quantitative estimate of drug-likeness (QED) is 0.754. The topological polar surface area (TPSA) is 40.6 Å². The van der Waals surface area contributed by atoms with Crippen LogP contribution in [0.1, 0.15) is 30.9 Å². The summed E-state index contributed by atoms with van der Waals surface area (Å²) < 4.78 is 0. The Balaban J connectivity index is 1.53. The van der Waals surface area contributed by atoms with Gasteiger partial charge in [0.25, 0.3) is 0 Å². The zero-order chi connectivity index (χ0) is 19.2. The molecule has 0 atom stereocenters. The summed E-state index contributed by atoms with van der Waals surface area (Å²) >= 11 is 1.77. The van der Waals surface area contributed by atoms with E-state index >= 15 is 0 Å². The lowest BCUT2D eigenvalue weighted by Crippen LogP contribution is -2.36. The summed E-state index contributed by atoms with van der Waals surface area (Å²) in [6.07, 6.45) is 1.50. The van der Waals surface area contributed by atoms with Crippen molar-refractivity contribution < 1.29 is 9.59 Å². The average Bonchev–Trinajstić information content (AvgIpc) is 2.71. The molecule has 3 rings (SSSR count). The Hall–Kier alpha value is -2.27. The maximum atomic E-state index is 12.7. The summed E-state index contributed by atoms with van der Waals surface area (Å²) in [7, 11) is 1.80. The highest BCUT2D eigenvalue weighted by molar-refractivity contribution is 7.99. The summed E-state index contributed by atoms with van der Waals surface area (Å²) in [6, 6.07) is 16.3. The lowest BCUT2D eigenvalue weighted by atomic mass is 10.1. The van der Waals surface area contributed by atoms with E-state index in [0.29, 0.717) is 13.1 Å². The van der Waals surface area contributed by atoms with Crippen LogP contribution in [0.3, 0.4) is 0 Å². The molecule has 1 heterocycles. The van der Waals surface area contributed by atoms with E-state index < -0.39 is 0 Å². The van der Waals surface area contributed by atoms with Crippen molar-refractivity contribution >= 4 is 29.3 Å². The number of carbonyl (C=O) groups is 2. The van der Waals surface area contributed by atoms with Gasteiger partial charge in [-0.1, -0.05) is 43.3 Å². The number of carbonyl (C=O) groups excluding carboxylic acids is 2. The van der Waals surface area contributed by atoms with Crippen LogP contribution in [0.25, 0.3) is 0 Å². The molecule has 2 aromatic rings. The third-order valence-corrected chi connectivity index (χ3v) is 5.90. The zero-order valence-electron chi connectivity index (χ0n) is 16.0. The van der Waals surface area contributed by atoms with Crippen molar-refractivity contribution in [2.45, 2.75) is 37.6 Å². The minimum absolute atomic E-state index is 0.00240. The van der Waals surface area contributed by atoms with Crippen LogP contribution in [0.15, 0.2) is 53.4 Å². The maximum absolute atomic E-state index is 12.7. The molecule has 0 fully saturated rings. The van der Waals surface area contributed by atoms with Gasteiger partial charge in [-0.2, -0.15) is 0 Å². The van der Waals surface area contributed by atoms with Gasteiger partial charge in [0.15, 0.2) is 0 Å². The van der Waals surface area contributed by atoms with E-state index in [-0.39, 0.29) is 24.7 Å². The predicted molar refractivity (Wildman–Crippen MR) is 111 cm³/mol. The molecule has 27 heavy (non-hydrogen) atoms. The Bertz CT molecular complexity index is 804. The van der Waals surface area contributed by atoms with E-state index in [9.17, 15) is 9.59 Å². The number of nitrogens with zero attached hydrogens (tertiary/aromatic N) is 2. The monoisotopic (exact) mass is 382 g/mol. The Morgan fingerprint density at radius 3 is 2.48 bits per heavy atom. The van der Waals surface area contributed by atoms with Crippen molar-refractivity contribution in [2.24, 2.45) is 0 Å². The number of rotatable bonds is 6. The highest BCUT2D eigenvalue weighted by Crippen LogP contribution is 2.34. The smallest absolute Gasteiger partial charge is 0.227 e. The van der Waals surface area contributed by atoms with Gasteiger partial charge in [0, 0.05) is 43.6 Å². The van der Waals surface area contributed by atoms with Crippen LogP contribution in [-0.2, 0) is 22.6 Å². The first-order chi connectivity index (χ1) is 13.1. The van der Waals surface area contributed by atoms with Gasteiger partial charge in [0.05, 0.1) is 5.69 Å². The van der Waals surface area contributed by atoms with Gasteiger partial charge in [-0.15, -0.1) is 11.8 Å². The summed E-state index contributed by atoms with van der Waals surface area (Å²) in [5.41, 5.74) is 3.37. The van der Waals surface area contributed by atoms with Gasteiger partial charge in [0.2, 0.25) is 11.8 Å². The number of hydrogen-bond acceptors (Lipinski definition) is 3. The fraction of sp³-hybridized carbons (Fsp3) is 0.364. The molecular weight excluding hydrogens is 356 g/mol. The molecule has 0 aliphatic carbocycles. The normalized spacial score (nSPS) is 13.2. The van der Waals surface area contributed by atoms with E-state index in [1.165, 1.54) is 5.56 Å². The number of thioether (sulfide) groups is 1. The Kier molecular flexibility index (Phi) is 6.56. The Labute approximate surface area is 165 Å². The lowest BCUT2D eigenvalue weighted by molar-refractivity contribution is -0.132. The van der Waals surface area contributed by atoms with Crippen molar-refractivity contribution in [1.29, 1.82) is 0 Å². The fourth-order valence-electron chi connectivity index (χ4n) is 3.21. The fourth-order valence-corrected chi connectivity index (χ4v) is 4.21. The van der Waals surface area contributed by atoms with E-state index in [1.807, 2.05) is 29.2 Å². The lowest BCUT2D eigenvalue weighted by Gasteiger charge is -2.29. The molecule has 0 N–H and O–H groups in total. The van der Waals surface area contributed by atoms with Crippen LogP contribution in [0, 0.1) is 0 Å². The SMILES string of the molecule is CCc1ccc(CN(C)C(=O)CCC(=O)N2CCSc3ccccc32)cc1. The molecule has 0 radical (unpaired) electrons. The van der Waals surface area contributed by atoms with E-state index in [1.54, 1.807) is 23.7 Å². The Morgan fingerprint density at radius 2 is 1.74 bits per heavy atom. The van der Waals surface area contributed by atoms with Crippen LogP contribution in [0.2, 0.25) is 0 Å². The van der Waals surface area contributed by atoms with Crippen molar-refractivity contribution in [3.63, 3.8) is 0 Å². The van der Waals surface area contributed by atoms with Crippen molar-refractivity contribution in [3.8, 4) is 0 Å². The first kappa shape index (κ1) is 19.5. The molecular formula is C22H26N2O2S. The van der Waals surface area contributed by atoms with Crippen LogP contribution < -0.4 is 4.90 Å². The summed E-state index contributed by atoms with van der Waals surface area (Å²) in [4.78, 5) is 29.8. The Morgan fingerprint density at radius 1 is 1.04 bits per heavy atom. The van der Waals surface area contributed by atoms with Crippen molar-refractivity contribution in [2.75, 3.05) is 24.2 Å². The largest absolute Gasteiger partial charge is 0.341 e. The second-order valence-electron chi connectivity index (χ2n) is 6.78. The third kappa shape index (κ3) is 4.92. The summed E-state index contributed by atoms with van der Waals surface area (Å²) in [6.45, 7) is 3.40. The molecule has 0 saturated carbocycles. The molecule has 142 valence electrons. The number of hydrogen-bond donors (Lipinski definition) is 0. The molecule has 2 amide bonds. The number of para-hydroxylation sites is 1. The molecule has 1 aliphatic rings. The second-order valence-corrected chi connectivity index (χ2v) is 7.92. The van der Waals surface area contributed by atoms with Crippen LogP contribution in [0.4, 0.5) is 5.69 Å². The first-order valence-electron chi connectivity index (χ1n) is 9.42. The molecule has 2 aromatic carbocycles. The van der Waals surface area contributed by atoms with Crippen molar-refractivity contribution in [1.82, 2.24) is 4.90 Å². The van der Waals surface area contributed by atoms with Gasteiger partial charge >= 0.3 is 0 Å². The number of benzene rings is 2. The maximum Gasteiger partial charge on any atom is 0.227 e. The van der Waals surface area contributed by atoms with E-state index in [0.717, 1.165) is 28.3 Å². The van der Waals surface area contributed by atoms with Crippen molar-refractivity contribution in [3.05, 3.63) is 59.7 Å². The molecule has 4 nitrogen and oxygen atoms in total.